The van der Waals surface area contributed by atoms with Gasteiger partial charge in [-0.05, 0) is 18.2 Å². The molecule has 1 aliphatic heterocycles. The van der Waals surface area contributed by atoms with Crippen molar-refractivity contribution in [1.29, 1.82) is 0 Å². The summed E-state index contributed by atoms with van der Waals surface area (Å²) >= 11 is 0. The van der Waals surface area contributed by atoms with Gasteiger partial charge < -0.3 is 15.5 Å². The van der Waals surface area contributed by atoms with Gasteiger partial charge in [0.15, 0.2) is 0 Å². The average molecular weight is 223 g/mol. The Balaban J connectivity index is 2.30. The molecule has 0 saturated carbocycles. The zero-order valence-corrected chi connectivity index (χ0v) is 8.90. The first-order valence-corrected chi connectivity index (χ1v) is 5.17. The molecule has 0 aliphatic carbocycles. The van der Waals surface area contributed by atoms with Crippen LogP contribution in [0, 0.1) is 5.82 Å². The number of ether oxygens (including phenoxy) is 1. The first kappa shape index (κ1) is 10.9. The monoisotopic (exact) mass is 223 g/mol. The number of morpholine rings is 1. The highest BCUT2D eigenvalue weighted by molar-refractivity contribution is 5.87. The van der Waals surface area contributed by atoms with E-state index in [9.17, 15) is 4.39 Å². The Morgan fingerprint density at radius 3 is 2.81 bits per heavy atom. The van der Waals surface area contributed by atoms with E-state index >= 15 is 0 Å². The Hall–Kier alpha value is -1.62. The molecule has 0 bridgehead atoms. The predicted molar refractivity (Wildman–Crippen MR) is 61.2 cm³/mol. The minimum Gasteiger partial charge on any atom is -0.378 e. The van der Waals surface area contributed by atoms with Crippen LogP contribution >= 0.6 is 0 Å². The maximum atomic E-state index is 13.1. The molecule has 0 unspecified atom stereocenters. The van der Waals surface area contributed by atoms with Crippen LogP contribution in [0.1, 0.15) is 5.56 Å². The van der Waals surface area contributed by atoms with Crippen LogP contribution in [0.3, 0.4) is 0 Å². The number of benzene rings is 1. The predicted octanol–water partition coefficient (Wildman–Crippen LogP) is 0.955. The van der Waals surface area contributed by atoms with Gasteiger partial charge in [0.2, 0.25) is 0 Å². The van der Waals surface area contributed by atoms with E-state index in [1.807, 2.05) is 0 Å². The second kappa shape index (κ2) is 4.94. The SMILES string of the molecule is NN=Cc1cc(F)ccc1N1CCOCC1. The molecule has 1 fully saturated rings. The molecule has 0 amide bonds. The molecule has 86 valence electrons. The molecule has 1 aliphatic rings. The normalized spacial score (nSPS) is 16.9. The second-order valence-electron chi connectivity index (χ2n) is 3.58. The smallest absolute Gasteiger partial charge is 0.124 e. The van der Waals surface area contributed by atoms with Crippen LogP contribution in [0.2, 0.25) is 0 Å². The van der Waals surface area contributed by atoms with Crippen molar-refractivity contribution < 1.29 is 9.13 Å². The van der Waals surface area contributed by atoms with Gasteiger partial charge in [-0.25, -0.2) is 4.39 Å². The third-order valence-electron chi connectivity index (χ3n) is 2.55. The summed E-state index contributed by atoms with van der Waals surface area (Å²) in [7, 11) is 0. The summed E-state index contributed by atoms with van der Waals surface area (Å²) in [6.07, 6.45) is 1.47. The van der Waals surface area contributed by atoms with Gasteiger partial charge in [-0.15, -0.1) is 0 Å². The fourth-order valence-electron chi connectivity index (χ4n) is 1.80. The molecule has 0 radical (unpaired) electrons. The number of rotatable bonds is 2. The van der Waals surface area contributed by atoms with Gasteiger partial charge in [-0.3, -0.25) is 0 Å². The lowest BCUT2D eigenvalue weighted by molar-refractivity contribution is 0.122. The van der Waals surface area contributed by atoms with Crippen LogP contribution in [0.5, 0.6) is 0 Å². The van der Waals surface area contributed by atoms with E-state index in [1.165, 1.54) is 18.3 Å². The van der Waals surface area contributed by atoms with Crippen LogP contribution in [0.15, 0.2) is 23.3 Å². The zero-order valence-electron chi connectivity index (χ0n) is 8.90. The lowest BCUT2D eigenvalue weighted by atomic mass is 10.1. The molecule has 0 atom stereocenters. The van der Waals surface area contributed by atoms with E-state index in [-0.39, 0.29) is 5.82 Å². The molecule has 0 aromatic heterocycles. The van der Waals surface area contributed by atoms with Crippen molar-refractivity contribution in [3.63, 3.8) is 0 Å². The number of hydrogen-bond donors (Lipinski definition) is 1. The maximum Gasteiger partial charge on any atom is 0.124 e. The van der Waals surface area contributed by atoms with Gasteiger partial charge in [-0.2, -0.15) is 5.10 Å². The second-order valence-corrected chi connectivity index (χ2v) is 3.58. The Bertz CT molecular complexity index is 389. The first-order chi connectivity index (χ1) is 7.81. The van der Waals surface area contributed by atoms with Gasteiger partial charge in [0, 0.05) is 24.3 Å². The topological polar surface area (TPSA) is 50.8 Å². The van der Waals surface area contributed by atoms with Crippen molar-refractivity contribution in [1.82, 2.24) is 0 Å². The number of hydrogen-bond acceptors (Lipinski definition) is 4. The summed E-state index contributed by atoms with van der Waals surface area (Å²) in [5, 5.41) is 3.45. The molecular formula is C11H14FN3O. The molecule has 0 spiro atoms. The van der Waals surface area contributed by atoms with Crippen molar-refractivity contribution in [2.45, 2.75) is 0 Å². The molecule has 1 saturated heterocycles. The lowest BCUT2D eigenvalue weighted by Crippen LogP contribution is -2.36. The summed E-state index contributed by atoms with van der Waals surface area (Å²) in [6, 6.07) is 4.62. The van der Waals surface area contributed by atoms with E-state index in [2.05, 4.69) is 10.0 Å². The van der Waals surface area contributed by atoms with Crippen LogP contribution in [0.4, 0.5) is 10.1 Å². The number of anilines is 1. The maximum absolute atomic E-state index is 13.1. The Morgan fingerprint density at radius 2 is 2.12 bits per heavy atom. The number of nitrogens with zero attached hydrogens (tertiary/aromatic N) is 2. The molecule has 4 nitrogen and oxygen atoms in total. The fraction of sp³-hybridized carbons (Fsp3) is 0.364. The summed E-state index contributed by atoms with van der Waals surface area (Å²) < 4.78 is 18.4. The molecule has 5 heteroatoms. The van der Waals surface area contributed by atoms with Crippen LogP contribution in [-0.2, 0) is 4.74 Å². The van der Waals surface area contributed by atoms with Gasteiger partial charge in [-0.1, -0.05) is 0 Å². The lowest BCUT2D eigenvalue weighted by Gasteiger charge is -2.30. The number of hydrazone groups is 1. The van der Waals surface area contributed by atoms with E-state index in [4.69, 9.17) is 10.6 Å². The highest BCUT2D eigenvalue weighted by Gasteiger charge is 2.14. The molecular weight excluding hydrogens is 209 g/mol. The summed E-state index contributed by atoms with van der Waals surface area (Å²) in [4.78, 5) is 2.14. The average Bonchev–Trinajstić information content (AvgIpc) is 2.31. The van der Waals surface area contributed by atoms with Crippen molar-refractivity contribution >= 4 is 11.9 Å². The fourth-order valence-corrected chi connectivity index (χ4v) is 1.80. The highest BCUT2D eigenvalue weighted by Crippen LogP contribution is 2.21. The summed E-state index contributed by atoms with van der Waals surface area (Å²) in [5.41, 5.74) is 1.64. The van der Waals surface area contributed by atoms with Crippen molar-refractivity contribution in [3.8, 4) is 0 Å². The molecule has 1 heterocycles. The van der Waals surface area contributed by atoms with Crippen molar-refractivity contribution in [2.24, 2.45) is 10.9 Å². The van der Waals surface area contributed by atoms with Gasteiger partial charge >= 0.3 is 0 Å². The third kappa shape index (κ3) is 2.30. The molecule has 1 aromatic rings. The summed E-state index contributed by atoms with van der Waals surface area (Å²) in [6.45, 7) is 2.99. The van der Waals surface area contributed by atoms with Crippen LogP contribution < -0.4 is 10.7 Å². The largest absolute Gasteiger partial charge is 0.378 e. The van der Waals surface area contributed by atoms with Gasteiger partial charge in [0.25, 0.3) is 0 Å². The van der Waals surface area contributed by atoms with Crippen LogP contribution in [-0.4, -0.2) is 32.5 Å². The minimum atomic E-state index is -0.285. The van der Waals surface area contributed by atoms with Crippen molar-refractivity contribution in [3.05, 3.63) is 29.6 Å². The minimum absolute atomic E-state index is 0.285. The standard InChI is InChI=1S/C11H14FN3O/c12-10-1-2-11(9(7-10)8-14-13)15-3-5-16-6-4-15/h1-2,7-8H,3-6,13H2. The van der Waals surface area contributed by atoms with Crippen LogP contribution in [0.25, 0.3) is 0 Å². The number of halogens is 1. The molecule has 2 rings (SSSR count). The highest BCUT2D eigenvalue weighted by atomic mass is 19.1. The van der Waals surface area contributed by atoms with Crippen molar-refractivity contribution in [2.75, 3.05) is 31.2 Å². The first-order valence-electron chi connectivity index (χ1n) is 5.17. The number of nitrogens with two attached hydrogens (primary N) is 1. The quantitative estimate of drug-likeness (QED) is 0.461. The molecule has 16 heavy (non-hydrogen) atoms. The van der Waals surface area contributed by atoms with E-state index < -0.39 is 0 Å². The Kier molecular flexibility index (Phi) is 3.36. The van der Waals surface area contributed by atoms with Gasteiger partial charge in [0.1, 0.15) is 5.82 Å². The Morgan fingerprint density at radius 1 is 1.38 bits per heavy atom. The van der Waals surface area contributed by atoms with Gasteiger partial charge in [0.05, 0.1) is 19.4 Å². The Labute approximate surface area is 93.5 Å². The summed E-state index contributed by atoms with van der Waals surface area (Å²) in [5.74, 6) is 4.83. The van der Waals surface area contributed by atoms with E-state index in [0.717, 1.165) is 18.8 Å². The van der Waals surface area contributed by atoms with E-state index in [1.54, 1.807) is 6.07 Å². The molecule has 2 N–H and O–H groups in total. The molecule has 1 aromatic carbocycles. The third-order valence-corrected chi connectivity index (χ3v) is 2.55. The zero-order chi connectivity index (χ0) is 11.4. The van der Waals surface area contributed by atoms with E-state index in [0.29, 0.717) is 18.8 Å².